The molecule has 0 amide bonds. The highest BCUT2D eigenvalue weighted by atomic mass is 15.1. The predicted octanol–water partition coefficient (Wildman–Crippen LogP) is 3.83. The summed E-state index contributed by atoms with van der Waals surface area (Å²) in [6, 6.07) is 18.8. The van der Waals surface area contributed by atoms with Crippen LogP contribution in [0.5, 0.6) is 0 Å². The number of anilines is 1. The van der Waals surface area contributed by atoms with Crippen LogP contribution < -0.4 is 4.90 Å². The molecule has 0 saturated carbocycles. The molecule has 1 fully saturated rings. The molecule has 94 valence electrons. The number of rotatable bonds is 2. The van der Waals surface area contributed by atoms with E-state index >= 15 is 0 Å². The summed E-state index contributed by atoms with van der Waals surface area (Å²) in [5, 5.41) is 9.37. The van der Waals surface area contributed by atoms with Crippen LogP contribution >= 0.6 is 0 Å². The second-order valence-electron chi connectivity index (χ2n) is 4.90. The van der Waals surface area contributed by atoms with Gasteiger partial charge in [0.1, 0.15) is 6.07 Å². The number of nitrogens with zero attached hydrogens (tertiary/aromatic N) is 2. The van der Waals surface area contributed by atoms with Crippen LogP contribution in [0.25, 0.3) is 11.1 Å². The molecule has 2 aromatic carbocycles. The molecule has 1 aliphatic heterocycles. The normalized spacial score (nSPS) is 14.4. The number of hydrogen-bond acceptors (Lipinski definition) is 2. The minimum absolute atomic E-state index is 0.781. The van der Waals surface area contributed by atoms with Crippen LogP contribution in [0.4, 0.5) is 5.69 Å². The summed E-state index contributed by atoms with van der Waals surface area (Å²) in [6.07, 6.45) is 2.45. The second kappa shape index (κ2) is 5.16. The van der Waals surface area contributed by atoms with Crippen molar-refractivity contribution in [3.63, 3.8) is 0 Å². The minimum Gasteiger partial charge on any atom is -0.370 e. The van der Waals surface area contributed by atoms with Gasteiger partial charge < -0.3 is 4.90 Å². The van der Waals surface area contributed by atoms with Crippen molar-refractivity contribution in [1.29, 1.82) is 5.26 Å². The third-order valence-corrected chi connectivity index (χ3v) is 3.67. The predicted molar refractivity (Wildman–Crippen MR) is 78.0 cm³/mol. The first-order valence-electron chi connectivity index (χ1n) is 6.73. The van der Waals surface area contributed by atoms with E-state index in [0.717, 1.165) is 35.5 Å². The smallest absolute Gasteiger partial charge is 0.101 e. The van der Waals surface area contributed by atoms with Crippen LogP contribution in [0.2, 0.25) is 0 Å². The molecule has 0 aromatic heterocycles. The summed E-state index contributed by atoms with van der Waals surface area (Å²) >= 11 is 0. The highest BCUT2D eigenvalue weighted by Crippen LogP contribution is 2.29. The lowest BCUT2D eigenvalue weighted by Gasteiger charge is -2.19. The average Bonchev–Trinajstić information content (AvgIpc) is 3.01. The Morgan fingerprint density at radius 3 is 2.32 bits per heavy atom. The van der Waals surface area contributed by atoms with Gasteiger partial charge in [0.15, 0.2) is 0 Å². The Morgan fingerprint density at radius 1 is 0.895 bits per heavy atom. The first kappa shape index (κ1) is 11.8. The number of hydrogen-bond donors (Lipinski definition) is 0. The zero-order valence-corrected chi connectivity index (χ0v) is 10.8. The molecule has 3 rings (SSSR count). The van der Waals surface area contributed by atoms with Crippen LogP contribution in [-0.4, -0.2) is 13.1 Å². The van der Waals surface area contributed by atoms with Crippen molar-refractivity contribution < 1.29 is 0 Å². The highest BCUT2D eigenvalue weighted by Gasteiger charge is 2.16. The highest BCUT2D eigenvalue weighted by molar-refractivity contribution is 5.71. The zero-order valence-electron chi connectivity index (χ0n) is 10.8. The topological polar surface area (TPSA) is 27.0 Å². The van der Waals surface area contributed by atoms with E-state index in [2.05, 4.69) is 35.2 Å². The molecule has 0 unspecified atom stereocenters. The van der Waals surface area contributed by atoms with Crippen molar-refractivity contribution in [2.24, 2.45) is 0 Å². The Bertz CT molecular complexity index is 605. The van der Waals surface area contributed by atoms with E-state index in [1.54, 1.807) is 0 Å². The molecule has 1 heterocycles. The van der Waals surface area contributed by atoms with Gasteiger partial charge in [-0.05, 0) is 36.1 Å². The van der Waals surface area contributed by atoms with Crippen molar-refractivity contribution in [1.82, 2.24) is 0 Å². The van der Waals surface area contributed by atoms with E-state index in [-0.39, 0.29) is 0 Å². The maximum absolute atomic E-state index is 9.37. The van der Waals surface area contributed by atoms with Crippen molar-refractivity contribution in [2.45, 2.75) is 12.8 Å². The van der Waals surface area contributed by atoms with Gasteiger partial charge in [-0.15, -0.1) is 0 Å². The van der Waals surface area contributed by atoms with E-state index in [0.29, 0.717) is 0 Å². The third kappa shape index (κ3) is 2.32. The van der Waals surface area contributed by atoms with Gasteiger partial charge in [-0.3, -0.25) is 0 Å². The molecule has 0 radical (unpaired) electrons. The second-order valence-corrected chi connectivity index (χ2v) is 4.90. The van der Waals surface area contributed by atoms with Gasteiger partial charge in [-0.2, -0.15) is 5.26 Å². The van der Waals surface area contributed by atoms with E-state index in [4.69, 9.17) is 0 Å². The van der Waals surface area contributed by atoms with Crippen LogP contribution in [0, 0.1) is 11.3 Å². The quantitative estimate of drug-likeness (QED) is 0.807. The van der Waals surface area contributed by atoms with Gasteiger partial charge >= 0.3 is 0 Å². The lowest BCUT2D eigenvalue weighted by molar-refractivity contribution is 0.949. The molecular formula is C17H16N2. The number of nitriles is 1. The standard InChI is InChI=1S/C17H16N2/c18-13-16-12-15(14-6-2-1-3-7-14)8-9-17(16)19-10-4-5-11-19/h1-3,6-9,12H,4-5,10-11H2. The van der Waals surface area contributed by atoms with Crippen molar-refractivity contribution >= 4 is 5.69 Å². The molecule has 0 aliphatic carbocycles. The Balaban J connectivity index is 2.00. The van der Waals surface area contributed by atoms with E-state index < -0.39 is 0 Å². The van der Waals surface area contributed by atoms with Gasteiger partial charge in [0.25, 0.3) is 0 Å². The van der Waals surface area contributed by atoms with Crippen molar-refractivity contribution in [2.75, 3.05) is 18.0 Å². The number of benzene rings is 2. The van der Waals surface area contributed by atoms with Gasteiger partial charge in [0, 0.05) is 13.1 Å². The molecule has 1 aliphatic rings. The molecule has 0 spiro atoms. The van der Waals surface area contributed by atoms with E-state index in [1.807, 2.05) is 24.3 Å². The SMILES string of the molecule is N#Cc1cc(-c2ccccc2)ccc1N1CCCC1. The van der Waals surface area contributed by atoms with Gasteiger partial charge in [-0.25, -0.2) is 0 Å². The fourth-order valence-electron chi connectivity index (χ4n) is 2.67. The Hall–Kier alpha value is -2.27. The molecule has 19 heavy (non-hydrogen) atoms. The lowest BCUT2D eigenvalue weighted by Crippen LogP contribution is -2.18. The minimum atomic E-state index is 0.781. The fraction of sp³-hybridized carbons (Fsp3) is 0.235. The molecule has 2 nitrogen and oxygen atoms in total. The summed E-state index contributed by atoms with van der Waals surface area (Å²) in [6.45, 7) is 2.14. The average molecular weight is 248 g/mol. The van der Waals surface area contributed by atoms with Crippen LogP contribution in [0.15, 0.2) is 48.5 Å². The summed E-state index contributed by atoms with van der Waals surface area (Å²) < 4.78 is 0. The van der Waals surface area contributed by atoms with Gasteiger partial charge in [0.2, 0.25) is 0 Å². The summed E-state index contributed by atoms with van der Waals surface area (Å²) in [4.78, 5) is 2.31. The molecule has 0 bridgehead atoms. The molecular weight excluding hydrogens is 232 g/mol. The Labute approximate surface area is 113 Å². The van der Waals surface area contributed by atoms with Gasteiger partial charge in [0.05, 0.1) is 11.3 Å². The third-order valence-electron chi connectivity index (χ3n) is 3.67. The first-order chi connectivity index (χ1) is 9.38. The van der Waals surface area contributed by atoms with Gasteiger partial charge in [-0.1, -0.05) is 36.4 Å². The van der Waals surface area contributed by atoms with Crippen molar-refractivity contribution in [3.8, 4) is 17.2 Å². The van der Waals surface area contributed by atoms with Crippen LogP contribution in [0.3, 0.4) is 0 Å². The maximum Gasteiger partial charge on any atom is 0.101 e. The van der Waals surface area contributed by atoms with E-state index in [1.165, 1.54) is 12.8 Å². The summed E-state index contributed by atoms with van der Waals surface area (Å²) in [7, 11) is 0. The zero-order chi connectivity index (χ0) is 13.1. The summed E-state index contributed by atoms with van der Waals surface area (Å²) in [5.41, 5.74) is 4.13. The summed E-state index contributed by atoms with van der Waals surface area (Å²) in [5.74, 6) is 0. The molecule has 0 N–H and O–H groups in total. The van der Waals surface area contributed by atoms with Crippen molar-refractivity contribution in [3.05, 3.63) is 54.1 Å². The molecule has 2 heteroatoms. The van der Waals surface area contributed by atoms with E-state index in [9.17, 15) is 5.26 Å². The van der Waals surface area contributed by atoms with Crippen LogP contribution in [-0.2, 0) is 0 Å². The monoisotopic (exact) mass is 248 g/mol. The first-order valence-corrected chi connectivity index (χ1v) is 6.73. The maximum atomic E-state index is 9.37. The lowest BCUT2D eigenvalue weighted by atomic mass is 10.0. The Kier molecular flexibility index (Phi) is 3.20. The molecule has 0 atom stereocenters. The Morgan fingerprint density at radius 2 is 1.63 bits per heavy atom. The largest absolute Gasteiger partial charge is 0.370 e. The molecule has 2 aromatic rings. The fourth-order valence-corrected chi connectivity index (χ4v) is 2.67. The molecule has 1 saturated heterocycles. The van der Waals surface area contributed by atoms with Crippen LogP contribution in [0.1, 0.15) is 18.4 Å².